The summed E-state index contributed by atoms with van der Waals surface area (Å²) in [5, 5.41) is 3.94. The Labute approximate surface area is 131 Å². The molecule has 3 rings (SSSR count). The molecule has 0 saturated heterocycles. The Morgan fingerprint density at radius 1 is 1.10 bits per heavy atom. The van der Waals surface area contributed by atoms with Crippen molar-refractivity contribution in [1.82, 2.24) is 5.32 Å². The highest BCUT2D eigenvalue weighted by molar-refractivity contribution is 9.10. The van der Waals surface area contributed by atoms with Crippen molar-refractivity contribution in [3.8, 4) is 0 Å². The van der Waals surface area contributed by atoms with E-state index in [9.17, 15) is 0 Å². The summed E-state index contributed by atoms with van der Waals surface area (Å²) in [6.45, 7) is 2.41. The van der Waals surface area contributed by atoms with E-state index in [4.69, 9.17) is 0 Å². The third kappa shape index (κ3) is 3.28. The third-order valence-electron chi connectivity index (χ3n) is 5.25. The van der Waals surface area contributed by atoms with Crippen LogP contribution < -0.4 is 5.32 Å². The molecule has 1 fully saturated rings. The van der Waals surface area contributed by atoms with Gasteiger partial charge in [-0.15, -0.1) is 0 Å². The minimum atomic E-state index is 0.580. The van der Waals surface area contributed by atoms with Crippen LogP contribution in [-0.2, 0) is 6.42 Å². The minimum Gasteiger partial charge on any atom is -0.307 e. The van der Waals surface area contributed by atoms with E-state index in [1.54, 1.807) is 0 Å². The van der Waals surface area contributed by atoms with E-state index in [0.29, 0.717) is 12.1 Å². The van der Waals surface area contributed by atoms with Crippen LogP contribution in [0, 0.1) is 5.92 Å². The average molecular weight is 336 g/mol. The molecule has 0 amide bonds. The molecule has 0 radical (unpaired) electrons. The maximum absolute atomic E-state index is 3.94. The van der Waals surface area contributed by atoms with E-state index in [-0.39, 0.29) is 0 Å². The summed E-state index contributed by atoms with van der Waals surface area (Å²) in [7, 11) is 0. The number of hydrogen-bond acceptors (Lipinski definition) is 1. The molecule has 0 spiro atoms. The molecule has 1 saturated carbocycles. The molecule has 2 aliphatic rings. The zero-order valence-corrected chi connectivity index (χ0v) is 14.1. The lowest BCUT2D eigenvalue weighted by atomic mass is 9.92. The van der Waals surface area contributed by atoms with Crippen LogP contribution in [0.3, 0.4) is 0 Å². The molecule has 1 aromatic rings. The normalized spacial score (nSPS) is 25.2. The van der Waals surface area contributed by atoms with Crippen molar-refractivity contribution in [2.75, 3.05) is 0 Å². The van der Waals surface area contributed by atoms with E-state index in [2.05, 4.69) is 46.4 Å². The highest BCUT2D eigenvalue weighted by Gasteiger charge is 2.26. The molecule has 2 heteroatoms. The largest absolute Gasteiger partial charge is 0.307 e. The second kappa shape index (κ2) is 6.62. The van der Waals surface area contributed by atoms with Gasteiger partial charge in [0.05, 0.1) is 0 Å². The Morgan fingerprint density at radius 2 is 1.85 bits per heavy atom. The van der Waals surface area contributed by atoms with Crippen molar-refractivity contribution in [2.24, 2.45) is 5.92 Å². The summed E-state index contributed by atoms with van der Waals surface area (Å²) in [5.74, 6) is 0.886. The molecule has 2 atom stereocenters. The first-order chi connectivity index (χ1) is 9.74. The number of fused-ring (bicyclic) bond motifs is 1. The van der Waals surface area contributed by atoms with Crippen LogP contribution in [0.25, 0.3) is 0 Å². The lowest BCUT2D eigenvalue weighted by Gasteiger charge is -2.27. The molecular formula is C18H26BrN. The van der Waals surface area contributed by atoms with Gasteiger partial charge in [0.1, 0.15) is 0 Å². The van der Waals surface area contributed by atoms with E-state index < -0.39 is 0 Å². The van der Waals surface area contributed by atoms with Crippen molar-refractivity contribution in [2.45, 2.75) is 70.4 Å². The Morgan fingerprint density at radius 3 is 2.60 bits per heavy atom. The Balaban J connectivity index is 1.64. The summed E-state index contributed by atoms with van der Waals surface area (Å²) in [4.78, 5) is 0. The fourth-order valence-corrected chi connectivity index (χ4v) is 4.43. The molecule has 1 unspecified atom stereocenters. The summed E-state index contributed by atoms with van der Waals surface area (Å²) in [5.41, 5.74) is 3.07. The maximum Gasteiger partial charge on any atom is 0.0328 e. The predicted molar refractivity (Wildman–Crippen MR) is 89.0 cm³/mol. The number of hydrogen-bond donors (Lipinski definition) is 1. The van der Waals surface area contributed by atoms with E-state index in [1.165, 1.54) is 67.0 Å². The van der Waals surface area contributed by atoms with Gasteiger partial charge in [0.2, 0.25) is 0 Å². The van der Waals surface area contributed by atoms with Crippen LogP contribution in [0.2, 0.25) is 0 Å². The molecule has 20 heavy (non-hydrogen) atoms. The fourth-order valence-electron chi connectivity index (χ4n) is 4.02. The molecule has 0 aromatic heterocycles. The lowest BCUT2D eigenvalue weighted by molar-refractivity contribution is 0.309. The first-order valence-electron chi connectivity index (χ1n) is 8.28. The Bertz CT molecular complexity index is 449. The molecule has 2 aliphatic carbocycles. The van der Waals surface area contributed by atoms with Gasteiger partial charge in [-0.2, -0.15) is 0 Å². The van der Waals surface area contributed by atoms with E-state index >= 15 is 0 Å². The van der Waals surface area contributed by atoms with Crippen molar-refractivity contribution in [1.29, 1.82) is 0 Å². The van der Waals surface area contributed by atoms with Crippen LogP contribution in [-0.4, -0.2) is 6.04 Å². The summed E-state index contributed by atoms with van der Waals surface area (Å²) in [6.07, 6.45) is 11.1. The molecule has 0 bridgehead atoms. The monoisotopic (exact) mass is 335 g/mol. The molecule has 1 nitrogen and oxygen atoms in total. The molecule has 1 N–H and O–H groups in total. The van der Waals surface area contributed by atoms with Crippen molar-refractivity contribution >= 4 is 15.9 Å². The standard InChI is InChI=1S/C18H26BrN/c1-13(14-6-4-2-3-5-7-14)20-18-11-8-15-12-16(19)9-10-17(15)18/h9-10,12-14,18,20H,2-8,11H2,1H3/t13-,18?/m0/s1. The number of aryl methyl sites for hydroxylation is 1. The molecular weight excluding hydrogens is 310 g/mol. The second-order valence-electron chi connectivity index (χ2n) is 6.64. The van der Waals surface area contributed by atoms with Gasteiger partial charge >= 0.3 is 0 Å². The van der Waals surface area contributed by atoms with Crippen molar-refractivity contribution in [3.63, 3.8) is 0 Å². The van der Waals surface area contributed by atoms with Crippen molar-refractivity contribution in [3.05, 3.63) is 33.8 Å². The van der Waals surface area contributed by atoms with Crippen LogP contribution in [0.4, 0.5) is 0 Å². The van der Waals surface area contributed by atoms with Crippen LogP contribution >= 0.6 is 15.9 Å². The highest BCUT2D eigenvalue weighted by Crippen LogP contribution is 2.34. The van der Waals surface area contributed by atoms with Crippen LogP contribution in [0.1, 0.15) is 69.0 Å². The molecule has 1 aromatic carbocycles. The summed E-state index contributed by atoms with van der Waals surface area (Å²) >= 11 is 3.59. The quantitative estimate of drug-likeness (QED) is 0.730. The summed E-state index contributed by atoms with van der Waals surface area (Å²) < 4.78 is 1.22. The predicted octanol–water partition coefficient (Wildman–Crippen LogP) is 5.38. The summed E-state index contributed by atoms with van der Waals surface area (Å²) in [6, 6.07) is 8.04. The number of nitrogens with one attached hydrogen (secondary N) is 1. The molecule has 0 aliphatic heterocycles. The number of benzene rings is 1. The van der Waals surface area contributed by atoms with Gasteiger partial charge in [0, 0.05) is 16.6 Å². The molecule has 0 heterocycles. The number of rotatable bonds is 3. The Kier molecular flexibility index (Phi) is 4.83. The first-order valence-corrected chi connectivity index (χ1v) is 9.08. The first kappa shape index (κ1) is 14.6. The van der Waals surface area contributed by atoms with Gasteiger partial charge in [-0.05, 0) is 61.8 Å². The Hall–Kier alpha value is -0.340. The SMILES string of the molecule is C[C@H](NC1CCc2cc(Br)ccc21)C1CCCCCC1. The smallest absolute Gasteiger partial charge is 0.0328 e. The number of halogens is 1. The third-order valence-corrected chi connectivity index (χ3v) is 5.75. The van der Waals surface area contributed by atoms with Gasteiger partial charge in [-0.25, -0.2) is 0 Å². The zero-order chi connectivity index (χ0) is 13.9. The second-order valence-corrected chi connectivity index (χ2v) is 7.56. The van der Waals surface area contributed by atoms with E-state index in [1.807, 2.05) is 0 Å². The van der Waals surface area contributed by atoms with Crippen molar-refractivity contribution < 1.29 is 0 Å². The lowest BCUT2D eigenvalue weighted by Crippen LogP contribution is -2.35. The van der Waals surface area contributed by atoms with Gasteiger partial charge < -0.3 is 5.32 Å². The van der Waals surface area contributed by atoms with Crippen LogP contribution in [0.5, 0.6) is 0 Å². The highest BCUT2D eigenvalue weighted by atomic mass is 79.9. The van der Waals surface area contributed by atoms with Gasteiger partial charge in [-0.1, -0.05) is 47.7 Å². The van der Waals surface area contributed by atoms with Crippen LogP contribution in [0.15, 0.2) is 22.7 Å². The zero-order valence-electron chi connectivity index (χ0n) is 12.5. The minimum absolute atomic E-state index is 0.580. The maximum atomic E-state index is 3.94. The van der Waals surface area contributed by atoms with E-state index in [0.717, 1.165) is 5.92 Å². The van der Waals surface area contributed by atoms with Gasteiger partial charge in [-0.3, -0.25) is 0 Å². The topological polar surface area (TPSA) is 12.0 Å². The average Bonchev–Trinajstić information content (AvgIpc) is 2.66. The fraction of sp³-hybridized carbons (Fsp3) is 0.667. The molecule has 110 valence electrons. The van der Waals surface area contributed by atoms with Gasteiger partial charge in [0.15, 0.2) is 0 Å². The van der Waals surface area contributed by atoms with Gasteiger partial charge in [0.25, 0.3) is 0 Å².